The van der Waals surface area contributed by atoms with Gasteiger partial charge >= 0.3 is 0 Å². The van der Waals surface area contributed by atoms with Crippen LogP contribution in [0.15, 0.2) is 120 Å². The minimum atomic E-state index is 0.860. The van der Waals surface area contributed by atoms with Gasteiger partial charge in [-0.15, -0.1) is 0 Å². The zero-order chi connectivity index (χ0) is 20.2. The van der Waals surface area contributed by atoms with Crippen molar-refractivity contribution in [2.45, 2.75) is 0 Å². The molecule has 4 aromatic carbocycles. The largest absolute Gasteiger partial charge is 0.194 e. The fourth-order valence-corrected chi connectivity index (χ4v) is 2.77. The van der Waals surface area contributed by atoms with Gasteiger partial charge in [-0.05, 0) is 48.1 Å². The van der Waals surface area contributed by atoms with Gasteiger partial charge in [0.2, 0.25) is 0 Å². The lowest BCUT2D eigenvalue weighted by Crippen LogP contribution is -1.77. The predicted molar refractivity (Wildman–Crippen MR) is 125 cm³/mol. The first-order valence-corrected chi connectivity index (χ1v) is 9.62. The van der Waals surface area contributed by atoms with Crippen LogP contribution >= 0.6 is 12.2 Å². The normalized spacial score (nSPS) is 9.10. The highest BCUT2D eigenvalue weighted by Gasteiger charge is 2.01. The highest BCUT2D eigenvalue weighted by atomic mass is 32.1. The average molecular weight is 390 g/mol. The molecule has 0 aliphatic carbocycles. The lowest BCUT2D eigenvalue weighted by atomic mass is 10.0. The number of hydrogen-bond donors (Lipinski definition) is 0. The molecule has 0 fully saturated rings. The maximum atomic E-state index is 4.63. The molecular weight excluding hydrogens is 370 g/mol. The zero-order valence-electron chi connectivity index (χ0n) is 15.8. The highest BCUT2D eigenvalue weighted by molar-refractivity contribution is 7.78. The van der Waals surface area contributed by atoms with E-state index in [2.05, 4.69) is 46.3 Å². The quantitative estimate of drug-likeness (QED) is 0.201. The molecule has 0 unspecified atom stereocenters. The summed E-state index contributed by atoms with van der Waals surface area (Å²) in [6.45, 7) is 0. The summed E-state index contributed by atoms with van der Waals surface area (Å²) in [5, 5.41) is 2.40. The zero-order valence-corrected chi connectivity index (χ0v) is 16.6. The van der Waals surface area contributed by atoms with Gasteiger partial charge in [-0.2, -0.15) is 4.99 Å². The van der Waals surface area contributed by atoms with E-state index in [1.54, 1.807) is 0 Å². The van der Waals surface area contributed by atoms with Crippen LogP contribution in [-0.2, 0) is 0 Å². The van der Waals surface area contributed by atoms with E-state index >= 15 is 0 Å². The van der Waals surface area contributed by atoms with Gasteiger partial charge < -0.3 is 0 Å². The molecule has 29 heavy (non-hydrogen) atoms. The Morgan fingerprint density at radius 3 is 1.48 bits per heavy atom. The second kappa shape index (κ2) is 11.2. The third kappa shape index (κ3) is 6.41. The van der Waals surface area contributed by atoms with E-state index in [0.717, 1.165) is 27.9 Å². The van der Waals surface area contributed by atoms with Crippen LogP contribution in [0.5, 0.6) is 0 Å². The van der Waals surface area contributed by atoms with E-state index < -0.39 is 0 Å². The van der Waals surface area contributed by atoms with Crippen LogP contribution in [0.25, 0.3) is 11.1 Å². The molecule has 0 spiro atoms. The van der Waals surface area contributed by atoms with Gasteiger partial charge in [0.05, 0.1) is 10.8 Å². The molecule has 0 aromatic heterocycles. The molecule has 1 nitrogen and oxygen atoms in total. The Labute approximate surface area is 177 Å². The minimum Gasteiger partial charge on any atom is -0.194 e. The van der Waals surface area contributed by atoms with Crippen molar-refractivity contribution in [3.05, 3.63) is 126 Å². The van der Waals surface area contributed by atoms with Crippen LogP contribution in [0.1, 0.15) is 11.1 Å². The summed E-state index contributed by atoms with van der Waals surface area (Å²) in [5.41, 5.74) is 5.18. The Kier molecular flexibility index (Phi) is 7.70. The molecule has 0 N–H and O–H groups in total. The lowest BCUT2D eigenvalue weighted by Gasteiger charge is -2.03. The Morgan fingerprint density at radius 2 is 0.966 bits per heavy atom. The molecule has 0 aliphatic rings. The van der Waals surface area contributed by atoms with Crippen molar-refractivity contribution in [2.24, 2.45) is 4.99 Å². The van der Waals surface area contributed by atoms with Crippen molar-refractivity contribution in [3.63, 3.8) is 0 Å². The van der Waals surface area contributed by atoms with Crippen LogP contribution in [0, 0.1) is 11.8 Å². The number of rotatable bonds is 2. The van der Waals surface area contributed by atoms with Crippen molar-refractivity contribution < 1.29 is 0 Å². The predicted octanol–water partition coefficient (Wildman–Crippen LogP) is 7.17. The molecule has 0 saturated carbocycles. The van der Waals surface area contributed by atoms with Crippen LogP contribution in [0.3, 0.4) is 0 Å². The SMILES string of the molecule is C(#Cc1ccccc1)c1ccccc1.S=C=Nc1ccccc1-c1ccccc1. The molecule has 0 bridgehead atoms. The van der Waals surface area contributed by atoms with Gasteiger partial charge in [-0.25, -0.2) is 0 Å². The van der Waals surface area contributed by atoms with Gasteiger partial charge in [0.15, 0.2) is 0 Å². The van der Waals surface area contributed by atoms with Crippen LogP contribution < -0.4 is 0 Å². The van der Waals surface area contributed by atoms with Gasteiger partial charge in [0.1, 0.15) is 0 Å². The first kappa shape index (κ1) is 20.0. The Hall–Kier alpha value is -3.76. The summed E-state index contributed by atoms with van der Waals surface area (Å²) in [4.78, 5) is 4.05. The first-order chi connectivity index (χ1) is 14.4. The third-order valence-corrected chi connectivity index (χ3v) is 4.14. The molecule has 0 atom stereocenters. The molecule has 2 heteroatoms. The highest BCUT2D eigenvalue weighted by Crippen LogP contribution is 2.29. The standard InChI is InChI=1S/C14H10.C13H9NS/c1-3-7-13(8-4-1)11-12-14-9-5-2-6-10-14;15-10-14-13-9-5-4-8-12(13)11-6-2-1-3-7-11/h1-10H;1-9H. The fraction of sp³-hybridized carbons (Fsp3) is 0. The summed E-state index contributed by atoms with van der Waals surface area (Å²) in [6, 6.07) is 38.0. The number of thiocarbonyl (C=S) groups is 1. The van der Waals surface area contributed by atoms with Gasteiger partial charge in [0, 0.05) is 16.7 Å². The van der Waals surface area contributed by atoms with Gasteiger partial charge in [-0.3, -0.25) is 0 Å². The van der Waals surface area contributed by atoms with Gasteiger partial charge in [-0.1, -0.05) is 96.8 Å². The maximum absolute atomic E-state index is 4.63. The second-order valence-electron chi connectivity index (χ2n) is 6.07. The fourth-order valence-electron chi connectivity index (χ4n) is 2.67. The summed E-state index contributed by atoms with van der Waals surface area (Å²) >= 11 is 4.63. The van der Waals surface area contributed by atoms with Crippen LogP contribution in [0.4, 0.5) is 5.69 Å². The van der Waals surface area contributed by atoms with Crippen LogP contribution in [0.2, 0.25) is 0 Å². The van der Waals surface area contributed by atoms with E-state index in [1.165, 1.54) is 0 Å². The van der Waals surface area contributed by atoms with Crippen molar-refractivity contribution in [1.29, 1.82) is 0 Å². The smallest absolute Gasteiger partial charge is 0.0817 e. The monoisotopic (exact) mass is 389 g/mol. The van der Waals surface area contributed by atoms with Crippen molar-refractivity contribution in [3.8, 4) is 23.0 Å². The van der Waals surface area contributed by atoms with Gasteiger partial charge in [0.25, 0.3) is 0 Å². The molecular formula is C27H19NS. The van der Waals surface area contributed by atoms with E-state index in [-0.39, 0.29) is 0 Å². The third-order valence-electron chi connectivity index (χ3n) is 4.05. The summed E-state index contributed by atoms with van der Waals surface area (Å²) in [5.74, 6) is 6.22. The molecule has 0 amide bonds. The van der Waals surface area contributed by atoms with Crippen molar-refractivity contribution in [2.75, 3.05) is 0 Å². The van der Waals surface area contributed by atoms with Crippen molar-refractivity contribution in [1.82, 2.24) is 0 Å². The molecule has 0 heterocycles. The van der Waals surface area contributed by atoms with E-state index in [1.807, 2.05) is 103 Å². The minimum absolute atomic E-state index is 0.860. The Bertz CT molecular complexity index is 1090. The second-order valence-corrected chi connectivity index (χ2v) is 6.25. The number of aliphatic imine (C=N–C) groups is 1. The Balaban J connectivity index is 0.000000166. The van der Waals surface area contributed by atoms with E-state index in [0.29, 0.717) is 0 Å². The molecule has 0 radical (unpaired) electrons. The number of isothiocyanates is 1. The summed E-state index contributed by atoms with van der Waals surface area (Å²) in [6.07, 6.45) is 0. The number of para-hydroxylation sites is 1. The van der Waals surface area contributed by atoms with Crippen molar-refractivity contribution >= 4 is 23.1 Å². The van der Waals surface area contributed by atoms with E-state index in [4.69, 9.17) is 0 Å². The number of nitrogens with zero attached hydrogens (tertiary/aromatic N) is 1. The maximum Gasteiger partial charge on any atom is 0.0817 e. The molecule has 0 saturated heterocycles. The molecule has 138 valence electrons. The first-order valence-electron chi connectivity index (χ1n) is 9.21. The average Bonchev–Trinajstić information content (AvgIpc) is 2.81. The number of hydrogen-bond acceptors (Lipinski definition) is 2. The molecule has 0 aliphatic heterocycles. The molecule has 4 rings (SSSR count). The summed E-state index contributed by atoms with van der Waals surface area (Å²) < 4.78 is 0. The van der Waals surface area contributed by atoms with E-state index in [9.17, 15) is 0 Å². The Morgan fingerprint density at radius 1 is 0.517 bits per heavy atom. The number of benzene rings is 4. The summed E-state index contributed by atoms with van der Waals surface area (Å²) in [7, 11) is 0. The topological polar surface area (TPSA) is 12.4 Å². The lowest BCUT2D eigenvalue weighted by molar-refractivity contribution is 1.53. The molecule has 4 aromatic rings. The van der Waals surface area contributed by atoms with Crippen LogP contribution in [-0.4, -0.2) is 5.16 Å².